The number of fused-ring (bicyclic) bond motifs is 2. The van der Waals surface area contributed by atoms with Crippen molar-refractivity contribution >= 4 is 22.1 Å². The third kappa shape index (κ3) is 4.08. The molecule has 0 radical (unpaired) electrons. The van der Waals surface area contributed by atoms with Gasteiger partial charge in [0.05, 0.1) is 35.2 Å². The zero-order chi connectivity index (χ0) is 24.6. The first-order chi connectivity index (χ1) is 18.3. The van der Waals surface area contributed by atoms with E-state index in [9.17, 15) is 0 Å². The van der Waals surface area contributed by atoms with E-state index in [-0.39, 0.29) is 6.10 Å². The highest BCUT2D eigenvalue weighted by Gasteiger charge is 2.18. The van der Waals surface area contributed by atoms with Gasteiger partial charge >= 0.3 is 0 Å². The van der Waals surface area contributed by atoms with E-state index in [0.717, 1.165) is 63.0 Å². The molecule has 0 amide bonds. The predicted octanol–water partition coefficient (Wildman–Crippen LogP) is 5.73. The normalized spacial score (nSPS) is 14.4. The Morgan fingerprint density at radius 2 is 1.68 bits per heavy atom. The molecule has 0 saturated heterocycles. The number of rotatable bonds is 5. The summed E-state index contributed by atoms with van der Waals surface area (Å²) in [5.41, 5.74) is 7.38. The first-order valence-electron chi connectivity index (χ1n) is 12.5. The van der Waals surface area contributed by atoms with Crippen molar-refractivity contribution in [2.45, 2.75) is 38.2 Å². The van der Waals surface area contributed by atoms with E-state index in [0.29, 0.717) is 11.5 Å². The van der Waals surface area contributed by atoms with Crippen LogP contribution in [0.15, 0.2) is 67.5 Å². The molecule has 9 nitrogen and oxygen atoms in total. The predicted molar refractivity (Wildman–Crippen MR) is 141 cm³/mol. The molecule has 2 N–H and O–H groups in total. The van der Waals surface area contributed by atoms with Crippen LogP contribution in [0.1, 0.15) is 32.1 Å². The minimum atomic E-state index is 0.265. The third-order valence-electron chi connectivity index (χ3n) is 6.86. The van der Waals surface area contributed by atoms with Gasteiger partial charge in [0.25, 0.3) is 0 Å². The minimum absolute atomic E-state index is 0.265. The maximum absolute atomic E-state index is 6.23. The highest BCUT2D eigenvalue weighted by Crippen LogP contribution is 2.32. The SMILES string of the molecule is c1cncc(-c2cncc3[nH]c(-c4n[nH]c5ccc(-c6cncc(OC7CCCCC7)c6)nc45)nc23)c1. The summed E-state index contributed by atoms with van der Waals surface area (Å²) in [4.78, 5) is 26.2. The number of aromatic nitrogens is 8. The Hall–Kier alpha value is -4.66. The lowest BCUT2D eigenvalue weighted by atomic mass is 9.98. The minimum Gasteiger partial charge on any atom is -0.489 e. The van der Waals surface area contributed by atoms with Gasteiger partial charge in [-0.1, -0.05) is 12.5 Å². The van der Waals surface area contributed by atoms with Crippen LogP contribution in [0.5, 0.6) is 5.75 Å². The molecular weight excluding hydrogens is 464 g/mol. The Kier molecular flexibility index (Phi) is 5.31. The van der Waals surface area contributed by atoms with Crippen molar-refractivity contribution in [2.75, 3.05) is 0 Å². The maximum Gasteiger partial charge on any atom is 0.161 e. The Labute approximate surface area is 212 Å². The lowest BCUT2D eigenvalue weighted by Gasteiger charge is -2.22. The van der Waals surface area contributed by atoms with Gasteiger partial charge in [-0.3, -0.25) is 20.1 Å². The molecule has 0 bridgehead atoms. The summed E-state index contributed by atoms with van der Waals surface area (Å²) >= 11 is 0. The van der Waals surface area contributed by atoms with Crippen LogP contribution in [-0.4, -0.2) is 46.2 Å². The Balaban J connectivity index is 1.26. The van der Waals surface area contributed by atoms with Gasteiger partial charge in [0.1, 0.15) is 16.8 Å². The van der Waals surface area contributed by atoms with Crippen molar-refractivity contribution in [3.05, 3.63) is 67.5 Å². The van der Waals surface area contributed by atoms with Crippen LogP contribution >= 0.6 is 0 Å². The molecule has 0 aromatic carbocycles. The highest BCUT2D eigenvalue weighted by molar-refractivity contribution is 5.95. The molecule has 1 aliphatic carbocycles. The van der Waals surface area contributed by atoms with E-state index < -0.39 is 0 Å². The van der Waals surface area contributed by atoms with Gasteiger partial charge in [0.15, 0.2) is 11.5 Å². The zero-order valence-electron chi connectivity index (χ0n) is 20.1. The number of pyridine rings is 4. The molecule has 6 heterocycles. The van der Waals surface area contributed by atoms with Crippen LogP contribution in [-0.2, 0) is 0 Å². The first kappa shape index (κ1) is 21.6. The monoisotopic (exact) mass is 488 g/mol. The molecule has 182 valence electrons. The largest absolute Gasteiger partial charge is 0.489 e. The van der Waals surface area contributed by atoms with Gasteiger partial charge in [0.2, 0.25) is 0 Å². The van der Waals surface area contributed by atoms with Crippen LogP contribution in [0.3, 0.4) is 0 Å². The van der Waals surface area contributed by atoms with Crippen molar-refractivity contribution in [1.82, 2.24) is 40.1 Å². The summed E-state index contributed by atoms with van der Waals surface area (Å²) in [7, 11) is 0. The topological polar surface area (TPSA) is 118 Å². The average Bonchev–Trinajstić information content (AvgIpc) is 3.58. The van der Waals surface area contributed by atoms with Crippen LogP contribution in [0.4, 0.5) is 0 Å². The fraction of sp³-hybridized carbons (Fsp3) is 0.214. The smallest absolute Gasteiger partial charge is 0.161 e. The Morgan fingerprint density at radius 1 is 0.784 bits per heavy atom. The van der Waals surface area contributed by atoms with Crippen LogP contribution in [0, 0.1) is 0 Å². The molecule has 7 rings (SSSR count). The molecule has 9 heteroatoms. The molecule has 0 atom stereocenters. The second-order valence-electron chi connectivity index (χ2n) is 9.36. The number of hydrogen-bond donors (Lipinski definition) is 2. The number of nitrogens with zero attached hydrogens (tertiary/aromatic N) is 6. The molecule has 0 spiro atoms. The van der Waals surface area contributed by atoms with E-state index in [1.807, 2.05) is 42.7 Å². The van der Waals surface area contributed by atoms with Gasteiger partial charge in [0, 0.05) is 41.5 Å². The number of H-pyrrole nitrogens is 2. The highest BCUT2D eigenvalue weighted by atomic mass is 16.5. The second kappa shape index (κ2) is 9.09. The molecule has 1 aliphatic rings. The quantitative estimate of drug-likeness (QED) is 0.318. The summed E-state index contributed by atoms with van der Waals surface area (Å²) in [6.07, 6.45) is 16.9. The van der Waals surface area contributed by atoms with Gasteiger partial charge < -0.3 is 9.72 Å². The molecule has 0 unspecified atom stereocenters. The number of ether oxygens (including phenoxy) is 1. The molecule has 37 heavy (non-hydrogen) atoms. The van der Waals surface area contributed by atoms with E-state index in [1.54, 1.807) is 24.8 Å². The second-order valence-corrected chi connectivity index (χ2v) is 9.36. The lowest BCUT2D eigenvalue weighted by molar-refractivity contribution is 0.154. The standard InChI is InChI=1S/C28H24N8O/c1-2-6-19(7-3-1)37-20-11-18(13-30-14-20)22-8-9-23-26(32-22)27(36-35-23)28-33-24-16-31-15-21(25(24)34-28)17-5-4-10-29-12-17/h4-5,8-16,19H,1-3,6-7H2,(H,33,34)(H,35,36). The van der Waals surface area contributed by atoms with Crippen LogP contribution in [0.2, 0.25) is 0 Å². The maximum atomic E-state index is 6.23. The molecule has 6 aromatic rings. The Morgan fingerprint density at radius 3 is 2.57 bits per heavy atom. The van der Waals surface area contributed by atoms with Gasteiger partial charge in [-0.2, -0.15) is 5.10 Å². The van der Waals surface area contributed by atoms with Gasteiger partial charge in [-0.05, 0) is 49.9 Å². The summed E-state index contributed by atoms with van der Waals surface area (Å²) < 4.78 is 6.23. The van der Waals surface area contributed by atoms with Crippen molar-refractivity contribution in [1.29, 1.82) is 0 Å². The van der Waals surface area contributed by atoms with E-state index in [1.165, 1.54) is 19.3 Å². The fourth-order valence-electron chi connectivity index (χ4n) is 5.00. The lowest BCUT2D eigenvalue weighted by Crippen LogP contribution is -2.19. The van der Waals surface area contributed by atoms with Crippen LogP contribution < -0.4 is 4.74 Å². The molecule has 1 saturated carbocycles. The van der Waals surface area contributed by atoms with Crippen molar-refractivity contribution in [2.24, 2.45) is 0 Å². The summed E-state index contributed by atoms with van der Waals surface area (Å²) in [5.74, 6) is 1.41. The average molecular weight is 489 g/mol. The number of aromatic amines is 2. The van der Waals surface area contributed by atoms with E-state index >= 15 is 0 Å². The number of nitrogens with one attached hydrogen (secondary N) is 2. The zero-order valence-corrected chi connectivity index (χ0v) is 20.1. The molecule has 6 aromatic heterocycles. The van der Waals surface area contributed by atoms with E-state index in [4.69, 9.17) is 14.7 Å². The molecule has 0 aliphatic heterocycles. The van der Waals surface area contributed by atoms with Crippen molar-refractivity contribution < 1.29 is 4.74 Å². The van der Waals surface area contributed by atoms with Crippen molar-refractivity contribution in [3.63, 3.8) is 0 Å². The number of hydrogen-bond acceptors (Lipinski definition) is 7. The number of imidazole rings is 1. The first-order valence-corrected chi connectivity index (χ1v) is 12.5. The molecule has 1 fully saturated rings. The summed E-state index contributed by atoms with van der Waals surface area (Å²) in [5, 5.41) is 7.62. The van der Waals surface area contributed by atoms with Gasteiger partial charge in [-0.15, -0.1) is 0 Å². The summed E-state index contributed by atoms with van der Waals surface area (Å²) in [6.45, 7) is 0. The van der Waals surface area contributed by atoms with Gasteiger partial charge in [-0.25, -0.2) is 9.97 Å². The summed E-state index contributed by atoms with van der Waals surface area (Å²) in [6, 6.07) is 9.86. The third-order valence-corrected chi connectivity index (χ3v) is 6.86. The fourth-order valence-corrected chi connectivity index (χ4v) is 5.00. The van der Waals surface area contributed by atoms with Crippen molar-refractivity contribution in [3.8, 4) is 39.7 Å². The Bertz CT molecular complexity index is 1700. The van der Waals surface area contributed by atoms with E-state index in [2.05, 4.69) is 30.1 Å². The van der Waals surface area contributed by atoms with Crippen LogP contribution in [0.25, 0.3) is 56.0 Å². The molecular formula is C28H24N8O.